The van der Waals surface area contributed by atoms with Crippen LogP contribution in [0.3, 0.4) is 0 Å². The van der Waals surface area contributed by atoms with Crippen LogP contribution in [0, 0.1) is 5.41 Å². The van der Waals surface area contributed by atoms with Gasteiger partial charge in [0.05, 0.1) is 11.7 Å². The number of hydrogen-bond acceptors (Lipinski definition) is 3. The van der Waals surface area contributed by atoms with Gasteiger partial charge in [0.15, 0.2) is 0 Å². The smallest absolute Gasteiger partial charge is 0.311 e. The highest BCUT2D eigenvalue weighted by molar-refractivity contribution is 5.79. The zero-order valence-electron chi connectivity index (χ0n) is 13.0. The van der Waals surface area contributed by atoms with E-state index in [1.165, 1.54) is 0 Å². The number of carbonyl (C=O) groups excluding carboxylic acids is 1. The molecule has 0 aliphatic heterocycles. The summed E-state index contributed by atoms with van der Waals surface area (Å²) < 4.78 is 1.93. The molecule has 0 fully saturated rings. The molecule has 6 nitrogen and oxygen atoms in total. The zero-order valence-corrected chi connectivity index (χ0v) is 13.0. The number of rotatable bonds is 9. The minimum atomic E-state index is -0.912. The van der Waals surface area contributed by atoms with Crippen molar-refractivity contribution in [2.75, 3.05) is 6.54 Å². The Morgan fingerprint density at radius 3 is 2.62 bits per heavy atom. The maximum atomic E-state index is 12.1. The number of nitrogens with zero attached hydrogens (tertiary/aromatic N) is 2. The summed E-state index contributed by atoms with van der Waals surface area (Å²) in [7, 11) is 0. The maximum Gasteiger partial charge on any atom is 0.311 e. The van der Waals surface area contributed by atoms with Crippen LogP contribution in [0.2, 0.25) is 0 Å². The normalized spacial score (nSPS) is 15.2. The van der Waals surface area contributed by atoms with Crippen molar-refractivity contribution in [1.29, 1.82) is 0 Å². The molecule has 1 amide bonds. The molecule has 2 unspecified atom stereocenters. The standard InChI is InChI=1S/C15H25N3O3/c1-4-6-12(18-8-7-16-11-18)9-13(19)17-10-15(3,5-2)14(20)21/h7-8,11-12H,4-6,9-10H2,1-3H3,(H,17,19)(H,20,21). The quantitative estimate of drug-likeness (QED) is 0.731. The van der Waals surface area contributed by atoms with Gasteiger partial charge in [-0.15, -0.1) is 0 Å². The van der Waals surface area contributed by atoms with Crippen LogP contribution in [0.15, 0.2) is 18.7 Å². The van der Waals surface area contributed by atoms with Gasteiger partial charge in [0, 0.05) is 31.4 Å². The van der Waals surface area contributed by atoms with Crippen molar-refractivity contribution in [3.8, 4) is 0 Å². The predicted molar refractivity (Wildman–Crippen MR) is 79.8 cm³/mol. The van der Waals surface area contributed by atoms with Crippen LogP contribution < -0.4 is 5.32 Å². The van der Waals surface area contributed by atoms with Crippen molar-refractivity contribution in [2.45, 2.75) is 52.5 Å². The molecule has 1 aromatic rings. The minimum absolute atomic E-state index is 0.0650. The van der Waals surface area contributed by atoms with Crippen LogP contribution in [0.1, 0.15) is 52.5 Å². The maximum absolute atomic E-state index is 12.1. The van der Waals surface area contributed by atoms with E-state index >= 15 is 0 Å². The molecule has 0 spiro atoms. The molecule has 0 bridgehead atoms. The van der Waals surface area contributed by atoms with Crippen LogP contribution in [0.4, 0.5) is 0 Å². The van der Waals surface area contributed by atoms with Crippen molar-refractivity contribution in [1.82, 2.24) is 14.9 Å². The summed E-state index contributed by atoms with van der Waals surface area (Å²) in [5.74, 6) is -1.01. The lowest BCUT2D eigenvalue weighted by molar-refractivity contribution is -0.148. The molecule has 1 aromatic heterocycles. The SMILES string of the molecule is CCCC(CC(=O)NCC(C)(CC)C(=O)O)n1ccnc1. The van der Waals surface area contributed by atoms with E-state index in [2.05, 4.69) is 17.2 Å². The Morgan fingerprint density at radius 1 is 1.43 bits per heavy atom. The average Bonchev–Trinajstić information content (AvgIpc) is 2.98. The number of hydrogen-bond donors (Lipinski definition) is 2. The molecule has 2 N–H and O–H groups in total. The molecule has 118 valence electrons. The third kappa shape index (κ3) is 4.88. The van der Waals surface area contributed by atoms with Gasteiger partial charge in [0.1, 0.15) is 0 Å². The molecule has 0 saturated carbocycles. The molecule has 1 rings (SSSR count). The number of nitrogens with one attached hydrogen (secondary N) is 1. The predicted octanol–water partition coefficient (Wildman–Crippen LogP) is 2.23. The van der Waals surface area contributed by atoms with Crippen LogP contribution in [-0.4, -0.2) is 33.1 Å². The van der Waals surface area contributed by atoms with E-state index < -0.39 is 11.4 Å². The van der Waals surface area contributed by atoms with Crippen molar-refractivity contribution in [3.63, 3.8) is 0 Å². The summed E-state index contributed by atoms with van der Waals surface area (Å²) in [4.78, 5) is 27.3. The number of amides is 1. The molecule has 1 heterocycles. The Balaban J connectivity index is 2.57. The zero-order chi connectivity index (χ0) is 15.9. The van der Waals surface area contributed by atoms with Gasteiger partial charge in [0.2, 0.25) is 5.91 Å². The van der Waals surface area contributed by atoms with E-state index in [-0.39, 0.29) is 18.5 Å². The summed E-state index contributed by atoms with van der Waals surface area (Å²) >= 11 is 0. The Kier molecular flexibility index (Phi) is 6.39. The van der Waals surface area contributed by atoms with E-state index in [1.54, 1.807) is 19.4 Å². The Hall–Kier alpha value is -1.85. The summed E-state index contributed by atoms with van der Waals surface area (Å²) in [5.41, 5.74) is -0.912. The summed E-state index contributed by atoms with van der Waals surface area (Å²) in [6, 6.07) is 0.0650. The van der Waals surface area contributed by atoms with Crippen molar-refractivity contribution >= 4 is 11.9 Å². The lowest BCUT2D eigenvalue weighted by atomic mass is 9.87. The van der Waals surface area contributed by atoms with Gasteiger partial charge < -0.3 is 15.0 Å². The van der Waals surface area contributed by atoms with E-state index in [0.29, 0.717) is 12.8 Å². The Bertz CT molecular complexity index is 459. The highest BCUT2D eigenvalue weighted by Crippen LogP contribution is 2.21. The second kappa shape index (κ2) is 7.81. The lowest BCUT2D eigenvalue weighted by Gasteiger charge is -2.24. The number of aliphatic carboxylic acids is 1. The van der Waals surface area contributed by atoms with Crippen molar-refractivity contribution < 1.29 is 14.7 Å². The van der Waals surface area contributed by atoms with Gasteiger partial charge in [-0.2, -0.15) is 0 Å². The fourth-order valence-electron chi connectivity index (χ4n) is 2.11. The van der Waals surface area contributed by atoms with E-state index in [4.69, 9.17) is 0 Å². The monoisotopic (exact) mass is 295 g/mol. The average molecular weight is 295 g/mol. The molecule has 2 atom stereocenters. The third-order valence-corrected chi connectivity index (χ3v) is 3.96. The first kappa shape index (κ1) is 17.2. The molecular weight excluding hydrogens is 270 g/mol. The first-order chi connectivity index (χ1) is 9.92. The minimum Gasteiger partial charge on any atom is -0.481 e. The van der Waals surface area contributed by atoms with Gasteiger partial charge in [-0.05, 0) is 19.8 Å². The number of carboxylic acid groups (broad SMARTS) is 1. The van der Waals surface area contributed by atoms with Gasteiger partial charge in [-0.3, -0.25) is 9.59 Å². The second-order valence-corrected chi connectivity index (χ2v) is 5.65. The topological polar surface area (TPSA) is 84.2 Å². The molecule has 0 aliphatic rings. The molecule has 6 heteroatoms. The van der Waals surface area contributed by atoms with E-state index in [1.807, 2.05) is 17.7 Å². The Labute approximate surface area is 125 Å². The first-order valence-electron chi connectivity index (χ1n) is 7.40. The molecule has 0 aromatic carbocycles. The first-order valence-corrected chi connectivity index (χ1v) is 7.40. The third-order valence-electron chi connectivity index (χ3n) is 3.96. The van der Waals surface area contributed by atoms with E-state index in [9.17, 15) is 14.7 Å². The lowest BCUT2D eigenvalue weighted by Crippen LogP contribution is -2.41. The molecule has 21 heavy (non-hydrogen) atoms. The van der Waals surface area contributed by atoms with E-state index in [0.717, 1.165) is 12.8 Å². The van der Waals surface area contributed by atoms with Gasteiger partial charge in [-0.1, -0.05) is 20.3 Å². The van der Waals surface area contributed by atoms with Crippen LogP contribution >= 0.6 is 0 Å². The van der Waals surface area contributed by atoms with Gasteiger partial charge in [-0.25, -0.2) is 4.98 Å². The second-order valence-electron chi connectivity index (χ2n) is 5.65. The largest absolute Gasteiger partial charge is 0.481 e. The summed E-state index contributed by atoms with van der Waals surface area (Å²) in [6.45, 7) is 5.68. The highest BCUT2D eigenvalue weighted by atomic mass is 16.4. The Morgan fingerprint density at radius 2 is 2.14 bits per heavy atom. The van der Waals surface area contributed by atoms with Gasteiger partial charge >= 0.3 is 5.97 Å². The van der Waals surface area contributed by atoms with Crippen molar-refractivity contribution in [2.24, 2.45) is 5.41 Å². The summed E-state index contributed by atoms with van der Waals surface area (Å²) in [6.07, 6.45) is 7.92. The fourth-order valence-corrected chi connectivity index (χ4v) is 2.11. The molecule has 0 saturated heterocycles. The summed E-state index contributed by atoms with van der Waals surface area (Å²) in [5, 5.41) is 12.0. The number of carboxylic acids is 1. The van der Waals surface area contributed by atoms with Crippen molar-refractivity contribution in [3.05, 3.63) is 18.7 Å². The van der Waals surface area contributed by atoms with Crippen LogP contribution in [0.25, 0.3) is 0 Å². The number of imidazole rings is 1. The molecular formula is C15H25N3O3. The number of aromatic nitrogens is 2. The van der Waals surface area contributed by atoms with Gasteiger partial charge in [0.25, 0.3) is 0 Å². The van der Waals surface area contributed by atoms with Crippen LogP contribution in [0.5, 0.6) is 0 Å². The molecule has 0 radical (unpaired) electrons. The molecule has 0 aliphatic carbocycles. The highest BCUT2D eigenvalue weighted by Gasteiger charge is 2.31. The van der Waals surface area contributed by atoms with Crippen LogP contribution in [-0.2, 0) is 9.59 Å². The number of carbonyl (C=O) groups is 2. The fraction of sp³-hybridized carbons (Fsp3) is 0.667.